The van der Waals surface area contributed by atoms with Gasteiger partial charge in [-0.3, -0.25) is 0 Å². The van der Waals surface area contributed by atoms with Crippen molar-refractivity contribution in [3.8, 4) is 0 Å². The van der Waals surface area contributed by atoms with Crippen LogP contribution in [0.2, 0.25) is 18.1 Å². The number of unbranched alkanes of at least 4 members (excludes halogenated alkanes) is 1. The molecule has 0 bridgehead atoms. The Morgan fingerprint density at radius 3 is 2.60 bits per heavy atom. The average molecular weight is 301 g/mol. The Morgan fingerprint density at radius 1 is 1.40 bits per heavy atom. The maximum absolute atomic E-state index is 9.83. The van der Waals surface area contributed by atoms with Crippen LogP contribution in [-0.4, -0.2) is 32.4 Å². The van der Waals surface area contributed by atoms with Gasteiger partial charge in [0.15, 0.2) is 14.6 Å². The molecule has 0 fully saturated rings. The fourth-order valence-electron chi connectivity index (χ4n) is 2.03. The zero-order valence-electron chi connectivity index (χ0n) is 14.0. The maximum atomic E-state index is 9.83. The second-order valence-electron chi connectivity index (χ2n) is 7.33. The van der Waals surface area contributed by atoms with Crippen molar-refractivity contribution in [2.75, 3.05) is 6.61 Å². The first kappa shape index (κ1) is 17.9. The SMILES string of the molecule is CCCCC1=CC(CO[Si](C)(C)C(C)(C)C)OC(O)C1. The lowest BCUT2D eigenvalue weighted by Gasteiger charge is -2.37. The van der Waals surface area contributed by atoms with E-state index in [-0.39, 0.29) is 11.1 Å². The molecule has 2 atom stereocenters. The van der Waals surface area contributed by atoms with Crippen LogP contribution in [0.1, 0.15) is 53.4 Å². The van der Waals surface area contributed by atoms with E-state index >= 15 is 0 Å². The predicted molar refractivity (Wildman–Crippen MR) is 86.3 cm³/mol. The van der Waals surface area contributed by atoms with Gasteiger partial charge in [-0.05, 0) is 31.0 Å². The number of ether oxygens (including phenoxy) is 1. The summed E-state index contributed by atoms with van der Waals surface area (Å²) >= 11 is 0. The minimum Gasteiger partial charge on any atom is -0.414 e. The summed E-state index contributed by atoms with van der Waals surface area (Å²) in [5, 5.41) is 10.0. The van der Waals surface area contributed by atoms with E-state index in [2.05, 4.69) is 46.9 Å². The average Bonchev–Trinajstić information content (AvgIpc) is 2.32. The van der Waals surface area contributed by atoms with Gasteiger partial charge in [0, 0.05) is 6.42 Å². The quantitative estimate of drug-likeness (QED) is 0.589. The van der Waals surface area contributed by atoms with Crippen LogP contribution < -0.4 is 0 Å². The van der Waals surface area contributed by atoms with Crippen molar-refractivity contribution >= 4 is 8.32 Å². The van der Waals surface area contributed by atoms with Gasteiger partial charge in [0.25, 0.3) is 0 Å². The smallest absolute Gasteiger partial charge is 0.192 e. The second kappa shape index (κ2) is 7.21. The Bertz CT molecular complexity index is 331. The number of aliphatic hydroxyl groups excluding tert-OH is 1. The molecule has 0 aromatic heterocycles. The van der Waals surface area contributed by atoms with Gasteiger partial charge in [-0.2, -0.15) is 0 Å². The maximum Gasteiger partial charge on any atom is 0.192 e. The molecule has 2 unspecified atom stereocenters. The molecule has 4 heteroatoms. The molecular weight excluding hydrogens is 268 g/mol. The number of hydrogen-bond donors (Lipinski definition) is 1. The minimum atomic E-state index is -1.75. The molecular formula is C16H32O3Si. The summed E-state index contributed by atoms with van der Waals surface area (Å²) in [7, 11) is -1.75. The summed E-state index contributed by atoms with van der Waals surface area (Å²) in [4.78, 5) is 0. The first-order valence-electron chi connectivity index (χ1n) is 7.83. The van der Waals surface area contributed by atoms with Crippen molar-refractivity contribution in [1.29, 1.82) is 0 Å². The molecule has 1 aliphatic heterocycles. The molecule has 20 heavy (non-hydrogen) atoms. The number of aliphatic hydroxyl groups is 1. The molecule has 1 N–H and O–H groups in total. The summed E-state index contributed by atoms with van der Waals surface area (Å²) in [5.74, 6) is 0. The zero-order valence-corrected chi connectivity index (χ0v) is 15.0. The van der Waals surface area contributed by atoms with Gasteiger partial charge in [-0.1, -0.05) is 45.8 Å². The monoisotopic (exact) mass is 300 g/mol. The third-order valence-corrected chi connectivity index (χ3v) is 8.96. The van der Waals surface area contributed by atoms with Gasteiger partial charge < -0.3 is 14.3 Å². The van der Waals surface area contributed by atoms with Gasteiger partial charge in [0.1, 0.15) is 6.10 Å². The summed E-state index contributed by atoms with van der Waals surface area (Å²) in [6.07, 6.45) is 5.47. The van der Waals surface area contributed by atoms with Crippen molar-refractivity contribution in [2.24, 2.45) is 0 Å². The molecule has 0 spiro atoms. The molecule has 3 nitrogen and oxygen atoms in total. The standard InChI is InChI=1S/C16H32O3Si/c1-7-8-9-13-10-14(19-15(17)11-13)12-18-20(5,6)16(2,3)4/h10,14-15,17H,7-9,11-12H2,1-6H3. The van der Waals surface area contributed by atoms with E-state index in [4.69, 9.17) is 9.16 Å². The van der Waals surface area contributed by atoms with Crippen LogP contribution in [0.3, 0.4) is 0 Å². The van der Waals surface area contributed by atoms with Crippen LogP contribution in [0.4, 0.5) is 0 Å². The van der Waals surface area contributed by atoms with Crippen molar-refractivity contribution in [3.05, 3.63) is 11.6 Å². The van der Waals surface area contributed by atoms with Crippen LogP contribution in [0.15, 0.2) is 11.6 Å². The number of hydrogen-bond acceptors (Lipinski definition) is 3. The predicted octanol–water partition coefficient (Wildman–Crippen LogP) is 4.23. The lowest BCUT2D eigenvalue weighted by atomic mass is 10.0. The van der Waals surface area contributed by atoms with E-state index in [1.54, 1.807) is 0 Å². The minimum absolute atomic E-state index is 0.0975. The highest BCUT2D eigenvalue weighted by molar-refractivity contribution is 6.74. The second-order valence-corrected chi connectivity index (χ2v) is 12.1. The third kappa shape index (κ3) is 5.32. The van der Waals surface area contributed by atoms with E-state index in [0.717, 1.165) is 6.42 Å². The Morgan fingerprint density at radius 2 is 2.05 bits per heavy atom. The topological polar surface area (TPSA) is 38.7 Å². The summed E-state index contributed by atoms with van der Waals surface area (Å²) in [6.45, 7) is 13.9. The van der Waals surface area contributed by atoms with Crippen molar-refractivity contribution in [2.45, 2.75) is 83.9 Å². The fourth-order valence-corrected chi connectivity index (χ4v) is 3.04. The first-order valence-corrected chi connectivity index (χ1v) is 10.7. The van der Waals surface area contributed by atoms with Gasteiger partial charge in [0.05, 0.1) is 6.61 Å². The Kier molecular flexibility index (Phi) is 6.45. The molecule has 0 aromatic carbocycles. The molecule has 1 aliphatic rings. The molecule has 0 aliphatic carbocycles. The van der Waals surface area contributed by atoms with E-state index in [0.29, 0.717) is 13.0 Å². The van der Waals surface area contributed by atoms with Crippen LogP contribution in [0.5, 0.6) is 0 Å². The highest BCUT2D eigenvalue weighted by Crippen LogP contribution is 2.37. The molecule has 1 heterocycles. The summed E-state index contributed by atoms with van der Waals surface area (Å²) in [5.41, 5.74) is 1.31. The van der Waals surface area contributed by atoms with Crippen molar-refractivity contribution in [3.63, 3.8) is 0 Å². The lowest BCUT2D eigenvalue weighted by Crippen LogP contribution is -2.43. The molecule has 0 amide bonds. The molecule has 1 rings (SSSR count). The Balaban J connectivity index is 2.58. The molecule has 118 valence electrons. The van der Waals surface area contributed by atoms with Crippen LogP contribution in [-0.2, 0) is 9.16 Å². The third-order valence-electron chi connectivity index (χ3n) is 4.46. The highest BCUT2D eigenvalue weighted by atomic mass is 28.4. The molecule has 0 aromatic rings. The Labute approximate surface area is 125 Å². The zero-order chi connectivity index (χ0) is 15.4. The largest absolute Gasteiger partial charge is 0.414 e. The van der Waals surface area contributed by atoms with Crippen LogP contribution in [0, 0.1) is 0 Å². The normalized spacial score (nSPS) is 24.6. The van der Waals surface area contributed by atoms with Gasteiger partial charge in [-0.25, -0.2) is 0 Å². The van der Waals surface area contributed by atoms with Gasteiger partial charge >= 0.3 is 0 Å². The van der Waals surface area contributed by atoms with Crippen molar-refractivity contribution < 1.29 is 14.3 Å². The highest BCUT2D eigenvalue weighted by Gasteiger charge is 2.38. The molecule has 0 saturated carbocycles. The van der Waals surface area contributed by atoms with Gasteiger partial charge in [0.2, 0.25) is 0 Å². The van der Waals surface area contributed by atoms with E-state index in [9.17, 15) is 5.11 Å². The summed E-state index contributed by atoms with van der Waals surface area (Å²) < 4.78 is 11.8. The van der Waals surface area contributed by atoms with Gasteiger partial charge in [-0.15, -0.1) is 0 Å². The van der Waals surface area contributed by atoms with Crippen LogP contribution >= 0.6 is 0 Å². The van der Waals surface area contributed by atoms with E-state index in [1.165, 1.54) is 18.4 Å². The fraction of sp³-hybridized carbons (Fsp3) is 0.875. The van der Waals surface area contributed by atoms with Crippen molar-refractivity contribution in [1.82, 2.24) is 0 Å². The number of rotatable bonds is 6. The van der Waals surface area contributed by atoms with E-state index in [1.807, 2.05) is 0 Å². The van der Waals surface area contributed by atoms with E-state index < -0.39 is 14.6 Å². The summed E-state index contributed by atoms with van der Waals surface area (Å²) in [6, 6.07) is 0. The molecule has 0 radical (unpaired) electrons. The van der Waals surface area contributed by atoms with Crippen LogP contribution in [0.25, 0.3) is 0 Å². The molecule has 0 saturated heterocycles. The first-order chi connectivity index (χ1) is 9.15. The Hall–Kier alpha value is -0.163. The lowest BCUT2D eigenvalue weighted by molar-refractivity contribution is -0.137.